The van der Waals surface area contributed by atoms with Crippen LogP contribution in [0.3, 0.4) is 0 Å². The Hall–Kier alpha value is -3.12. The molecule has 2 aromatic carbocycles. The molecular formula is C24H28N6. The van der Waals surface area contributed by atoms with Gasteiger partial charge in [0.25, 0.3) is 0 Å². The smallest absolute Gasteiger partial charge is 0.156 e. The molecule has 30 heavy (non-hydrogen) atoms. The van der Waals surface area contributed by atoms with E-state index in [0.29, 0.717) is 6.04 Å². The second-order valence-electron chi connectivity index (χ2n) is 8.30. The molecule has 0 amide bonds. The van der Waals surface area contributed by atoms with E-state index >= 15 is 0 Å². The molecule has 1 aliphatic rings. The van der Waals surface area contributed by atoms with Crippen LogP contribution >= 0.6 is 0 Å². The fourth-order valence-electron chi connectivity index (χ4n) is 4.18. The number of aromatic amines is 1. The van der Waals surface area contributed by atoms with E-state index in [0.717, 1.165) is 55.3 Å². The van der Waals surface area contributed by atoms with Crippen molar-refractivity contribution in [3.05, 3.63) is 66.4 Å². The Morgan fingerprint density at radius 3 is 2.37 bits per heavy atom. The topological polar surface area (TPSA) is 53.0 Å². The molecule has 1 N–H and O–H groups in total. The van der Waals surface area contributed by atoms with Crippen molar-refractivity contribution in [1.29, 1.82) is 0 Å². The van der Waals surface area contributed by atoms with Crippen molar-refractivity contribution in [2.75, 3.05) is 31.1 Å². The summed E-state index contributed by atoms with van der Waals surface area (Å²) in [7, 11) is 0. The number of benzene rings is 2. The highest BCUT2D eigenvalue weighted by atomic mass is 15.3. The lowest BCUT2D eigenvalue weighted by atomic mass is 10.1. The number of nitrogens with zero attached hydrogens (tertiary/aromatic N) is 5. The van der Waals surface area contributed by atoms with E-state index < -0.39 is 0 Å². The highest BCUT2D eigenvalue weighted by Crippen LogP contribution is 2.25. The van der Waals surface area contributed by atoms with Gasteiger partial charge in [0.2, 0.25) is 0 Å². The Bertz CT molecular complexity index is 1100. The molecule has 5 rings (SSSR count). The molecule has 0 saturated carbocycles. The fourth-order valence-corrected chi connectivity index (χ4v) is 4.18. The van der Waals surface area contributed by atoms with E-state index in [-0.39, 0.29) is 0 Å². The van der Waals surface area contributed by atoms with Gasteiger partial charge in [-0.1, -0.05) is 30.3 Å². The zero-order chi connectivity index (χ0) is 20.5. The highest BCUT2D eigenvalue weighted by molar-refractivity contribution is 5.76. The number of fused-ring (bicyclic) bond motifs is 1. The molecule has 0 spiro atoms. The first-order valence-corrected chi connectivity index (χ1v) is 10.7. The van der Waals surface area contributed by atoms with E-state index in [1.165, 1.54) is 11.3 Å². The number of imidazole rings is 1. The number of hydrogen-bond acceptors (Lipinski definition) is 4. The van der Waals surface area contributed by atoms with Crippen LogP contribution in [-0.4, -0.2) is 50.8 Å². The van der Waals surface area contributed by atoms with Gasteiger partial charge in [0, 0.05) is 50.0 Å². The molecule has 0 bridgehead atoms. The molecule has 0 atom stereocenters. The Morgan fingerprint density at radius 2 is 1.67 bits per heavy atom. The number of piperazine rings is 1. The average Bonchev–Trinajstić information content (AvgIpc) is 3.36. The average molecular weight is 401 g/mol. The molecule has 0 unspecified atom stereocenters. The Kier molecular flexibility index (Phi) is 5.01. The number of nitrogens with one attached hydrogen (secondary N) is 1. The molecule has 1 saturated heterocycles. The summed E-state index contributed by atoms with van der Waals surface area (Å²) in [5.74, 6) is 0.899. The molecule has 6 nitrogen and oxygen atoms in total. The van der Waals surface area contributed by atoms with E-state index in [2.05, 4.69) is 88.3 Å². The van der Waals surface area contributed by atoms with Gasteiger partial charge in [-0.15, -0.1) is 0 Å². The molecule has 6 heteroatoms. The maximum absolute atomic E-state index is 4.72. The Morgan fingerprint density at radius 1 is 0.933 bits per heavy atom. The minimum atomic E-state index is 0.304. The zero-order valence-electron chi connectivity index (χ0n) is 17.6. The normalized spacial score (nSPS) is 15.4. The van der Waals surface area contributed by atoms with Gasteiger partial charge in [0.05, 0.1) is 6.20 Å². The molecule has 154 valence electrons. The number of hydrogen-bond donors (Lipinski definition) is 1. The second-order valence-corrected chi connectivity index (χ2v) is 8.30. The third kappa shape index (κ3) is 3.71. The first-order chi connectivity index (χ1) is 14.7. The summed E-state index contributed by atoms with van der Waals surface area (Å²) in [5.41, 5.74) is 5.67. The van der Waals surface area contributed by atoms with Crippen LogP contribution in [0.4, 0.5) is 5.69 Å². The maximum Gasteiger partial charge on any atom is 0.156 e. The number of H-pyrrole nitrogens is 1. The molecule has 3 heterocycles. The van der Waals surface area contributed by atoms with Gasteiger partial charge in [0.1, 0.15) is 11.3 Å². The van der Waals surface area contributed by atoms with Crippen molar-refractivity contribution in [2.24, 2.45) is 0 Å². The van der Waals surface area contributed by atoms with Gasteiger partial charge in [0.15, 0.2) is 5.65 Å². The zero-order valence-corrected chi connectivity index (χ0v) is 17.6. The lowest BCUT2D eigenvalue weighted by Gasteiger charge is -2.36. The van der Waals surface area contributed by atoms with Crippen molar-refractivity contribution in [3.8, 4) is 11.4 Å². The molecular weight excluding hydrogens is 372 g/mol. The van der Waals surface area contributed by atoms with Gasteiger partial charge in [-0.2, -0.15) is 5.10 Å². The minimum Gasteiger partial charge on any atom is -0.369 e. The summed E-state index contributed by atoms with van der Waals surface area (Å²) in [6, 6.07) is 19.8. The number of anilines is 1. The van der Waals surface area contributed by atoms with Crippen LogP contribution in [0, 0.1) is 0 Å². The molecule has 1 fully saturated rings. The molecule has 0 radical (unpaired) electrons. The lowest BCUT2D eigenvalue weighted by Crippen LogP contribution is -2.45. The number of rotatable bonds is 5. The highest BCUT2D eigenvalue weighted by Gasteiger charge is 2.18. The van der Waals surface area contributed by atoms with Crippen molar-refractivity contribution in [2.45, 2.75) is 26.4 Å². The monoisotopic (exact) mass is 400 g/mol. The van der Waals surface area contributed by atoms with Gasteiger partial charge in [-0.25, -0.2) is 9.67 Å². The van der Waals surface area contributed by atoms with E-state index in [1.807, 2.05) is 10.9 Å². The summed E-state index contributed by atoms with van der Waals surface area (Å²) in [6.07, 6.45) is 1.83. The summed E-state index contributed by atoms with van der Waals surface area (Å²) < 4.78 is 1.98. The first-order valence-electron chi connectivity index (χ1n) is 10.7. The Labute approximate surface area is 177 Å². The third-order valence-electron chi connectivity index (χ3n) is 5.86. The largest absolute Gasteiger partial charge is 0.369 e. The molecule has 1 aliphatic heterocycles. The van der Waals surface area contributed by atoms with Crippen LogP contribution in [0.2, 0.25) is 0 Å². The predicted octanol–water partition coefficient (Wildman–Crippen LogP) is 4.33. The van der Waals surface area contributed by atoms with Crippen molar-refractivity contribution < 1.29 is 0 Å². The van der Waals surface area contributed by atoms with Crippen molar-refractivity contribution in [3.63, 3.8) is 0 Å². The summed E-state index contributed by atoms with van der Waals surface area (Å²) in [5, 5.41) is 4.41. The van der Waals surface area contributed by atoms with Crippen LogP contribution in [-0.2, 0) is 6.54 Å². The van der Waals surface area contributed by atoms with Crippen LogP contribution in [0.5, 0.6) is 0 Å². The van der Waals surface area contributed by atoms with Gasteiger partial charge in [-0.3, -0.25) is 4.90 Å². The lowest BCUT2D eigenvalue weighted by molar-refractivity contribution is 0.250. The quantitative estimate of drug-likeness (QED) is 0.542. The molecule has 4 aromatic rings. The van der Waals surface area contributed by atoms with Crippen LogP contribution in [0.15, 0.2) is 60.8 Å². The molecule has 0 aliphatic carbocycles. The minimum absolute atomic E-state index is 0.304. The van der Waals surface area contributed by atoms with E-state index in [4.69, 9.17) is 4.98 Å². The van der Waals surface area contributed by atoms with E-state index in [1.54, 1.807) is 0 Å². The molecule has 2 aromatic heterocycles. The Balaban J connectivity index is 1.24. The van der Waals surface area contributed by atoms with Gasteiger partial charge >= 0.3 is 0 Å². The summed E-state index contributed by atoms with van der Waals surface area (Å²) in [4.78, 5) is 13.2. The first kappa shape index (κ1) is 18.9. The third-order valence-corrected chi connectivity index (χ3v) is 5.86. The van der Waals surface area contributed by atoms with Gasteiger partial charge in [-0.05, 0) is 43.7 Å². The maximum atomic E-state index is 4.72. The summed E-state index contributed by atoms with van der Waals surface area (Å²) >= 11 is 0. The van der Waals surface area contributed by atoms with Crippen LogP contribution < -0.4 is 4.90 Å². The predicted molar refractivity (Wildman–Crippen MR) is 122 cm³/mol. The van der Waals surface area contributed by atoms with Crippen LogP contribution in [0.1, 0.15) is 25.5 Å². The van der Waals surface area contributed by atoms with Crippen LogP contribution in [0.25, 0.3) is 22.6 Å². The second kappa shape index (κ2) is 7.95. The van der Waals surface area contributed by atoms with Crippen molar-refractivity contribution in [1.82, 2.24) is 24.6 Å². The fraction of sp³-hybridized carbons (Fsp3) is 0.333. The van der Waals surface area contributed by atoms with Gasteiger partial charge < -0.3 is 9.88 Å². The van der Waals surface area contributed by atoms with E-state index in [9.17, 15) is 0 Å². The summed E-state index contributed by atoms with van der Waals surface area (Å²) in [6.45, 7) is 9.58. The number of aromatic nitrogens is 4. The van der Waals surface area contributed by atoms with Crippen molar-refractivity contribution >= 4 is 16.9 Å². The standard InChI is InChI=1S/C24H28N6/c1-18(2)30-24-22(16-25-30)26-23(27-24)20-8-10-21(11-9-20)29-14-12-28(13-15-29)17-19-6-4-3-5-7-19/h3-11,16,18H,12-15,17H2,1-2H3,(H,26,27). The SMILES string of the molecule is CC(C)n1ncc2nc(-c3ccc(N4CCN(Cc5ccccc5)CC4)cc3)[nH]c21.